The molecular weight excluding hydrogens is 352 g/mol. The SMILES string of the molecule is Cc1cc(CCC(=O)O)cc(-c2ccc3c(cnn3C)c2)c1OC1CCCC1. The summed E-state index contributed by atoms with van der Waals surface area (Å²) in [4.78, 5) is 11.0. The summed E-state index contributed by atoms with van der Waals surface area (Å²) in [6, 6.07) is 10.5. The third-order valence-electron chi connectivity index (χ3n) is 5.61. The molecule has 1 aromatic heterocycles. The van der Waals surface area contributed by atoms with Crippen molar-refractivity contribution in [3.63, 3.8) is 0 Å². The van der Waals surface area contributed by atoms with Crippen LogP contribution in [0.15, 0.2) is 36.5 Å². The summed E-state index contributed by atoms with van der Waals surface area (Å²) < 4.78 is 8.32. The van der Waals surface area contributed by atoms with Crippen LogP contribution in [0.4, 0.5) is 0 Å². The Morgan fingerprint density at radius 1 is 1.25 bits per heavy atom. The number of aliphatic carboxylic acids is 1. The minimum Gasteiger partial charge on any atom is -0.490 e. The van der Waals surface area contributed by atoms with E-state index in [0.29, 0.717) is 6.42 Å². The van der Waals surface area contributed by atoms with Crippen molar-refractivity contribution in [3.8, 4) is 16.9 Å². The molecule has 1 aliphatic rings. The van der Waals surface area contributed by atoms with Crippen LogP contribution >= 0.6 is 0 Å². The zero-order valence-corrected chi connectivity index (χ0v) is 16.4. The number of carboxylic acid groups (broad SMARTS) is 1. The van der Waals surface area contributed by atoms with E-state index in [0.717, 1.165) is 51.7 Å². The Hall–Kier alpha value is -2.82. The molecule has 0 radical (unpaired) electrons. The van der Waals surface area contributed by atoms with E-state index in [1.54, 1.807) is 0 Å². The lowest BCUT2D eigenvalue weighted by atomic mass is 9.96. The molecule has 28 heavy (non-hydrogen) atoms. The van der Waals surface area contributed by atoms with Gasteiger partial charge in [0.15, 0.2) is 0 Å². The van der Waals surface area contributed by atoms with Gasteiger partial charge in [-0.15, -0.1) is 0 Å². The van der Waals surface area contributed by atoms with Crippen LogP contribution in [-0.4, -0.2) is 27.0 Å². The summed E-state index contributed by atoms with van der Waals surface area (Å²) in [5, 5.41) is 14.5. The highest BCUT2D eigenvalue weighted by Gasteiger charge is 2.21. The first-order valence-electron chi connectivity index (χ1n) is 9.95. The molecule has 4 rings (SSSR count). The van der Waals surface area contributed by atoms with Crippen LogP contribution in [0.2, 0.25) is 0 Å². The van der Waals surface area contributed by atoms with Crippen LogP contribution in [0.3, 0.4) is 0 Å². The van der Waals surface area contributed by atoms with E-state index in [9.17, 15) is 4.79 Å². The normalized spacial score (nSPS) is 14.6. The molecule has 1 N–H and O–H groups in total. The van der Waals surface area contributed by atoms with E-state index in [1.807, 2.05) is 17.9 Å². The fourth-order valence-electron chi connectivity index (χ4n) is 4.12. The molecule has 0 bridgehead atoms. The van der Waals surface area contributed by atoms with E-state index in [4.69, 9.17) is 9.84 Å². The minimum absolute atomic E-state index is 0.128. The molecule has 1 heterocycles. The van der Waals surface area contributed by atoms with Crippen molar-refractivity contribution in [2.24, 2.45) is 7.05 Å². The third-order valence-corrected chi connectivity index (χ3v) is 5.61. The van der Waals surface area contributed by atoms with Crippen molar-refractivity contribution >= 4 is 16.9 Å². The number of benzene rings is 2. The zero-order valence-electron chi connectivity index (χ0n) is 16.4. The predicted molar refractivity (Wildman–Crippen MR) is 110 cm³/mol. The first kappa shape index (κ1) is 18.5. The number of carbonyl (C=O) groups is 1. The Kier molecular flexibility index (Phi) is 5.07. The quantitative estimate of drug-likeness (QED) is 0.663. The second kappa shape index (κ2) is 7.66. The van der Waals surface area contributed by atoms with E-state index in [-0.39, 0.29) is 12.5 Å². The van der Waals surface area contributed by atoms with Gasteiger partial charge in [0.2, 0.25) is 0 Å². The fraction of sp³-hybridized carbons (Fsp3) is 0.391. The number of hydrogen-bond acceptors (Lipinski definition) is 3. The topological polar surface area (TPSA) is 64.3 Å². The Balaban J connectivity index is 1.78. The Morgan fingerprint density at radius 2 is 2.04 bits per heavy atom. The molecule has 0 aliphatic heterocycles. The van der Waals surface area contributed by atoms with Crippen LogP contribution in [0.25, 0.3) is 22.0 Å². The summed E-state index contributed by atoms with van der Waals surface area (Å²) in [6.45, 7) is 2.06. The zero-order chi connectivity index (χ0) is 19.7. The van der Waals surface area contributed by atoms with Crippen LogP contribution < -0.4 is 4.74 Å². The van der Waals surface area contributed by atoms with Gasteiger partial charge in [0.1, 0.15) is 5.75 Å². The molecule has 2 aromatic carbocycles. The van der Waals surface area contributed by atoms with Crippen molar-refractivity contribution in [3.05, 3.63) is 47.7 Å². The van der Waals surface area contributed by atoms with Crippen LogP contribution in [-0.2, 0) is 18.3 Å². The molecule has 146 valence electrons. The molecule has 5 nitrogen and oxygen atoms in total. The van der Waals surface area contributed by atoms with Crippen molar-refractivity contribution in [2.45, 2.75) is 51.6 Å². The summed E-state index contributed by atoms with van der Waals surface area (Å²) in [5.74, 6) is 0.150. The van der Waals surface area contributed by atoms with Crippen molar-refractivity contribution < 1.29 is 14.6 Å². The summed E-state index contributed by atoms with van der Waals surface area (Å²) >= 11 is 0. The van der Waals surface area contributed by atoms with Gasteiger partial charge in [-0.25, -0.2) is 0 Å². The summed E-state index contributed by atoms with van der Waals surface area (Å²) in [6.07, 6.45) is 7.42. The average Bonchev–Trinajstić information content (AvgIpc) is 3.31. The molecule has 0 atom stereocenters. The van der Waals surface area contributed by atoms with Gasteiger partial charge in [0.25, 0.3) is 0 Å². The molecule has 0 unspecified atom stereocenters. The van der Waals surface area contributed by atoms with Crippen LogP contribution in [0.1, 0.15) is 43.2 Å². The van der Waals surface area contributed by atoms with Crippen LogP contribution in [0.5, 0.6) is 5.75 Å². The van der Waals surface area contributed by atoms with Gasteiger partial charge in [-0.3, -0.25) is 9.48 Å². The highest BCUT2D eigenvalue weighted by atomic mass is 16.5. The standard InChI is InChI=1S/C23H26N2O3/c1-15-11-16(7-10-22(26)27)12-20(23(15)28-19-5-3-4-6-19)17-8-9-21-18(13-17)14-24-25(21)2/h8-9,11-14,19H,3-7,10H2,1-2H3,(H,26,27). The maximum Gasteiger partial charge on any atom is 0.303 e. The number of ether oxygens (including phenoxy) is 1. The molecule has 1 aliphatic carbocycles. The number of aryl methyl sites for hydroxylation is 3. The Bertz CT molecular complexity index is 1020. The predicted octanol–water partition coefficient (Wildman–Crippen LogP) is 4.89. The lowest BCUT2D eigenvalue weighted by molar-refractivity contribution is -0.136. The molecule has 3 aromatic rings. The second-order valence-corrected chi connectivity index (χ2v) is 7.75. The molecular formula is C23H26N2O3. The van der Waals surface area contributed by atoms with Gasteiger partial charge in [0.05, 0.1) is 17.8 Å². The number of aromatic nitrogens is 2. The number of fused-ring (bicyclic) bond motifs is 1. The van der Waals surface area contributed by atoms with E-state index in [1.165, 1.54) is 12.8 Å². The van der Waals surface area contributed by atoms with Gasteiger partial charge in [-0.2, -0.15) is 5.10 Å². The van der Waals surface area contributed by atoms with Gasteiger partial charge in [-0.1, -0.05) is 12.1 Å². The van der Waals surface area contributed by atoms with E-state index >= 15 is 0 Å². The van der Waals surface area contributed by atoms with E-state index in [2.05, 4.69) is 42.4 Å². The summed E-state index contributed by atoms with van der Waals surface area (Å²) in [5.41, 5.74) is 5.30. The fourth-order valence-corrected chi connectivity index (χ4v) is 4.12. The third kappa shape index (κ3) is 3.75. The smallest absolute Gasteiger partial charge is 0.303 e. The lowest BCUT2D eigenvalue weighted by Crippen LogP contribution is -2.13. The molecule has 1 saturated carbocycles. The van der Waals surface area contributed by atoms with Gasteiger partial charge in [-0.05, 0) is 73.9 Å². The highest BCUT2D eigenvalue weighted by Crippen LogP contribution is 2.38. The largest absolute Gasteiger partial charge is 0.490 e. The molecule has 1 fully saturated rings. The van der Waals surface area contributed by atoms with Crippen LogP contribution in [0, 0.1) is 6.92 Å². The second-order valence-electron chi connectivity index (χ2n) is 7.75. The first-order valence-corrected chi connectivity index (χ1v) is 9.95. The Morgan fingerprint density at radius 3 is 2.79 bits per heavy atom. The maximum absolute atomic E-state index is 11.0. The van der Waals surface area contributed by atoms with Crippen molar-refractivity contribution in [1.82, 2.24) is 9.78 Å². The molecule has 5 heteroatoms. The Labute approximate surface area is 164 Å². The molecule has 0 amide bonds. The minimum atomic E-state index is -0.776. The van der Waals surface area contributed by atoms with Crippen molar-refractivity contribution in [1.29, 1.82) is 0 Å². The maximum atomic E-state index is 11.0. The number of rotatable bonds is 6. The number of hydrogen-bond donors (Lipinski definition) is 1. The van der Waals surface area contributed by atoms with Gasteiger partial charge >= 0.3 is 5.97 Å². The number of nitrogens with zero attached hydrogens (tertiary/aromatic N) is 2. The van der Waals surface area contributed by atoms with Gasteiger partial charge < -0.3 is 9.84 Å². The molecule has 0 saturated heterocycles. The first-order chi connectivity index (χ1) is 13.5. The molecule has 0 spiro atoms. The van der Waals surface area contributed by atoms with E-state index < -0.39 is 5.97 Å². The monoisotopic (exact) mass is 378 g/mol. The highest BCUT2D eigenvalue weighted by molar-refractivity contribution is 5.86. The summed E-state index contributed by atoms with van der Waals surface area (Å²) in [7, 11) is 1.94. The van der Waals surface area contributed by atoms with Crippen molar-refractivity contribution in [2.75, 3.05) is 0 Å². The lowest BCUT2D eigenvalue weighted by Gasteiger charge is -2.20. The average molecular weight is 378 g/mol. The van der Waals surface area contributed by atoms with Gasteiger partial charge in [0, 0.05) is 24.4 Å². The number of carboxylic acids is 1.